The van der Waals surface area contributed by atoms with E-state index in [-0.39, 0.29) is 17.9 Å². The lowest BCUT2D eigenvalue weighted by Crippen LogP contribution is -2.26. The fourth-order valence-corrected chi connectivity index (χ4v) is 3.35. The van der Waals surface area contributed by atoms with Gasteiger partial charge in [0.25, 0.3) is 0 Å². The maximum atomic E-state index is 11.5. The quantitative estimate of drug-likeness (QED) is 0.704. The van der Waals surface area contributed by atoms with Crippen LogP contribution in [0.15, 0.2) is 36.7 Å². The number of aromatic nitrogens is 3. The first-order chi connectivity index (χ1) is 13.6. The lowest BCUT2D eigenvalue weighted by Gasteiger charge is -2.20. The second-order valence-electron chi connectivity index (χ2n) is 6.75. The number of nitrogens with one attached hydrogen (secondary N) is 1. The third kappa shape index (κ3) is 3.33. The van der Waals surface area contributed by atoms with E-state index in [9.17, 15) is 4.79 Å². The molecule has 8 heteroatoms. The number of methoxy groups -OCH3 is 2. The molecule has 2 aromatic heterocycles. The van der Waals surface area contributed by atoms with Crippen LogP contribution in [0.25, 0.3) is 16.8 Å². The number of hydrogen-bond donors (Lipinski definition) is 1. The Morgan fingerprint density at radius 3 is 2.75 bits per heavy atom. The Balaban J connectivity index is 1.70. The molecule has 0 saturated carbocycles. The van der Waals surface area contributed by atoms with Crippen molar-refractivity contribution in [3.8, 4) is 28.6 Å². The van der Waals surface area contributed by atoms with E-state index < -0.39 is 0 Å². The van der Waals surface area contributed by atoms with Gasteiger partial charge in [-0.15, -0.1) is 0 Å². The van der Waals surface area contributed by atoms with E-state index in [1.165, 1.54) is 0 Å². The zero-order valence-electron chi connectivity index (χ0n) is 16.0. The molecule has 4 rings (SSSR count). The first-order valence-corrected chi connectivity index (χ1v) is 9.09. The molecule has 0 unspecified atom stereocenters. The monoisotopic (exact) mass is 382 g/mol. The molecule has 1 fully saturated rings. The molecule has 0 spiro atoms. The molecule has 146 valence electrons. The molecular formula is C20H22N4O4. The fraction of sp³-hybridized carbons (Fsp3) is 0.350. The van der Waals surface area contributed by atoms with Gasteiger partial charge in [-0.05, 0) is 31.2 Å². The maximum Gasteiger partial charge on any atom is 0.240 e. The predicted molar refractivity (Wildman–Crippen MR) is 103 cm³/mol. The maximum absolute atomic E-state index is 11.5. The molecule has 0 bridgehead atoms. The van der Waals surface area contributed by atoms with Gasteiger partial charge >= 0.3 is 0 Å². The Bertz CT molecular complexity index is 1020. The Hall–Kier alpha value is -3.29. The summed E-state index contributed by atoms with van der Waals surface area (Å²) in [6.45, 7) is 2.58. The summed E-state index contributed by atoms with van der Waals surface area (Å²) in [5.41, 5.74) is 2.32. The van der Waals surface area contributed by atoms with E-state index in [0.29, 0.717) is 36.0 Å². The van der Waals surface area contributed by atoms with Crippen molar-refractivity contribution < 1.29 is 19.0 Å². The van der Waals surface area contributed by atoms with Gasteiger partial charge in [-0.1, -0.05) is 0 Å². The van der Waals surface area contributed by atoms with Gasteiger partial charge in [-0.25, -0.2) is 9.50 Å². The summed E-state index contributed by atoms with van der Waals surface area (Å²) in [6, 6.07) is 7.46. The Morgan fingerprint density at radius 1 is 1.21 bits per heavy atom. The zero-order chi connectivity index (χ0) is 19.7. The van der Waals surface area contributed by atoms with Crippen molar-refractivity contribution in [2.45, 2.75) is 19.4 Å². The summed E-state index contributed by atoms with van der Waals surface area (Å²) in [5, 5.41) is 7.18. The molecule has 0 aliphatic carbocycles. The first kappa shape index (κ1) is 18.1. The lowest BCUT2D eigenvalue weighted by atomic mass is 10.0. The normalized spacial score (nSPS) is 17.4. The van der Waals surface area contributed by atoms with Crippen molar-refractivity contribution in [2.24, 2.45) is 5.92 Å². The van der Waals surface area contributed by atoms with Crippen LogP contribution >= 0.6 is 0 Å². The van der Waals surface area contributed by atoms with Gasteiger partial charge in [0, 0.05) is 24.4 Å². The third-order valence-electron chi connectivity index (χ3n) is 5.01. The molecule has 1 aliphatic heterocycles. The minimum Gasteiger partial charge on any atom is -0.493 e. The molecule has 28 heavy (non-hydrogen) atoms. The van der Waals surface area contributed by atoms with Crippen molar-refractivity contribution in [2.75, 3.05) is 20.8 Å². The highest BCUT2D eigenvalue weighted by Crippen LogP contribution is 2.33. The van der Waals surface area contributed by atoms with E-state index in [4.69, 9.17) is 19.2 Å². The summed E-state index contributed by atoms with van der Waals surface area (Å²) in [6.07, 6.45) is 3.85. The highest BCUT2D eigenvalue weighted by molar-refractivity contribution is 5.78. The first-order valence-electron chi connectivity index (χ1n) is 9.09. The molecule has 1 aliphatic rings. The molecule has 1 aromatic carbocycles. The Kier molecular flexibility index (Phi) is 4.77. The van der Waals surface area contributed by atoms with Gasteiger partial charge in [0.05, 0.1) is 32.3 Å². The largest absolute Gasteiger partial charge is 0.493 e. The number of rotatable bonds is 6. The lowest BCUT2D eigenvalue weighted by molar-refractivity contribution is -0.119. The highest BCUT2D eigenvalue weighted by Gasteiger charge is 2.28. The molecule has 1 N–H and O–H groups in total. The standard InChI is InChI=1S/C20H22N4O4/c1-12(14-9-19(25)21-10-14)28-20-16-6-7-22-24(16)11-15(23-20)13-4-5-17(26-2)18(8-13)27-3/h4-8,11-12,14H,9-10H2,1-3H3,(H,21,25)/t12-,14-/m1/s1. The van der Waals surface area contributed by atoms with Crippen molar-refractivity contribution in [1.29, 1.82) is 0 Å². The van der Waals surface area contributed by atoms with Crippen LogP contribution in [-0.2, 0) is 4.79 Å². The van der Waals surface area contributed by atoms with Crippen LogP contribution < -0.4 is 19.5 Å². The number of ether oxygens (including phenoxy) is 3. The summed E-state index contributed by atoms with van der Waals surface area (Å²) in [4.78, 5) is 16.2. The molecule has 1 amide bonds. The molecule has 3 aromatic rings. The molecule has 1 saturated heterocycles. The van der Waals surface area contributed by atoms with E-state index >= 15 is 0 Å². The van der Waals surface area contributed by atoms with Crippen LogP contribution in [-0.4, -0.2) is 47.4 Å². The second kappa shape index (κ2) is 7.38. The van der Waals surface area contributed by atoms with Gasteiger partial charge in [0.15, 0.2) is 11.5 Å². The van der Waals surface area contributed by atoms with Crippen LogP contribution in [0.1, 0.15) is 13.3 Å². The number of carbonyl (C=O) groups excluding carboxylic acids is 1. The van der Waals surface area contributed by atoms with Gasteiger partial charge in [0.1, 0.15) is 11.6 Å². The smallest absolute Gasteiger partial charge is 0.240 e. The van der Waals surface area contributed by atoms with Crippen LogP contribution in [0, 0.1) is 5.92 Å². The summed E-state index contributed by atoms with van der Waals surface area (Å²) < 4.78 is 18.6. The topological polar surface area (TPSA) is 87.0 Å². The van der Waals surface area contributed by atoms with Gasteiger partial charge in [-0.2, -0.15) is 5.10 Å². The minimum absolute atomic E-state index is 0.0574. The molecule has 8 nitrogen and oxygen atoms in total. The summed E-state index contributed by atoms with van der Waals surface area (Å²) in [5.74, 6) is 1.92. The third-order valence-corrected chi connectivity index (χ3v) is 5.01. The zero-order valence-corrected chi connectivity index (χ0v) is 16.0. The van der Waals surface area contributed by atoms with E-state index in [2.05, 4.69) is 10.4 Å². The van der Waals surface area contributed by atoms with Crippen LogP contribution in [0.2, 0.25) is 0 Å². The van der Waals surface area contributed by atoms with E-state index in [0.717, 1.165) is 11.1 Å². The van der Waals surface area contributed by atoms with E-state index in [1.807, 2.05) is 37.4 Å². The molecule has 0 radical (unpaired) electrons. The SMILES string of the molecule is COc1ccc(-c2cn3nccc3c(O[C@H](C)[C@H]3CNC(=O)C3)n2)cc1OC. The number of nitrogens with zero attached hydrogens (tertiary/aromatic N) is 3. The molecular weight excluding hydrogens is 360 g/mol. The number of hydrogen-bond acceptors (Lipinski definition) is 6. The van der Waals surface area contributed by atoms with Crippen molar-refractivity contribution in [3.05, 3.63) is 36.7 Å². The molecule has 2 atom stereocenters. The average molecular weight is 382 g/mol. The van der Waals surface area contributed by atoms with Gasteiger partial charge < -0.3 is 19.5 Å². The Morgan fingerprint density at radius 2 is 2.04 bits per heavy atom. The van der Waals surface area contributed by atoms with Gasteiger partial charge in [0.2, 0.25) is 11.8 Å². The van der Waals surface area contributed by atoms with Crippen molar-refractivity contribution in [1.82, 2.24) is 19.9 Å². The number of fused-ring (bicyclic) bond motifs is 1. The summed E-state index contributed by atoms with van der Waals surface area (Å²) in [7, 11) is 3.19. The second-order valence-corrected chi connectivity index (χ2v) is 6.75. The van der Waals surface area contributed by atoms with Crippen LogP contribution in [0.5, 0.6) is 17.4 Å². The Labute approximate surface area is 162 Å². The highest BCUT2D eigenvalue weighted by atomic mass is 16.5. The number of benzene rings is 1. The van der Waals surface area contributed by atoms with Crippen molar-refractivity contribution in [3.63, 3.8) is 0 Å². The summed E-state index contributed by atoms with van der Waals surface area (Å²) >= 11 is 0. The van der Waals surface area contributed by atoms with E-state index in [1.54, 1.807) is 24.9 Å². The van der Waals surface area contributed by atoms with Crippen LogP contribution in [0.4, 0.5) is 0 Å². The minimum atomic E-state index is -0.161. The average Bonchev–Trinajstić information content (AvgIpc) is 3.36. The predicted octanol–water partition coefficient (Wildman–Crippen LogP) is 2.32. The van der Waals surface area contributed by atoms with Crippen LogP contribution in [0.3, 0.4) is 0 Å². The van der Waals surface area contributed by atoms with Crippen molar-refractivity contribution >= 4 is 11.4 Å². The fourth-order valence-electron chi connectivity index (χ4n) is 3.35. The number of amides is 1. The van der Waals surface area contributed by atoms with Gasteiger partial charge in [-0.3, -0.25) is 4.79 Å². The molecule has 3 heterocycles. The number of carbonyl (C=O) groups is 1.